The molecule has 0 spiro atoms. The van der Waals surface area contributed by atoms with Crippen molar-refractivity contribution >= 4 is 21.8 Å². The summed E-state index contributed by atoms with van der Waals surface area (Å²) < 4.78 is 54.0. The van der Waals surface area contributed by atoms with Gasteiger partial charge in [0.1, 0.15) is 11.6 Å². The van der Waals surface area contributed by atoms with Gasteiger partial charge in [-0.15, -0.1) is 0 Å². The SMILES string of the molecule is O=S(=O)(Cc1cccc(F)c1)N1CCSC(c2ccccc2F)CC1. The highest BCUT2D eigenvalue weighted by molar-refractivity contribution is 7.99. The fraction of sp³-hybridized carbons (Fsp3) is 0.333. The van der Waals surface area contributed by atoms with Crippen molar-refractivity contribution in [1.82, 2.24) is 4.31 Å². The molecule has 0 N–H and O–H groups in total. The Labute approximate surface area is 151 Å². The lowest BCUT2D eigenvalue weighted by molar-refractivity contribution is 0.426. The van der Waals surface area contributed by atoms with Gasteiger partial charge in [-0.25, -0.2) is 21.5 Å². The lowest BCUT2D eigenvalue weighted by Crippen LogP contribution is -2.34. The van der Waals surface area contributed by atoms with Crippen LogP contribution in [0, 0.1) is 11.6 Å². The Kier molecular flexibility index (Phi) is 5.76. The molecule has 0 aromatic heterocycles. The average molecular weight is 383 g/mol. The molecular formula is C18H19F2NO2S2. The van der Waals surface area contributed by atoms with E-state index in [0.29, 0.717) is 36.4 Å². The van der Waals surface area contributed by atoms with E-state index in [9.17, 15) is 17.2 Å². The molecule has 1 aliphatic rings. The summed E-state index contributed by atoms with van der Waals surface area (Å²) in [5.74, 6) is -0.323. The molecule has 1 atom stereocenters. The maximum Gasteiger partial charge on any atom is 0.218 e. The molecule has 1 aliphatic heterocycles. The molecule has 25 heavy (non-hydrogen) atoms. The molecular weight excluding hydrogens is 364 g/mol. The van der Waals surface area contributed by atoms with Crippen molar-refractivity contribution in [2.24, 2.45) is 0 Å². The quantitative estimate of drug-likeness (QED) is 0.802. The molecule has 134 valence electrons. The summed E-state index contributed by atoms with van der Waals surface area (Å²) in [6.45, 7) is 0.719. The fourth-order valence-electron chi connectivity index (χ4n) is 2.94. The van der Waals surface area contributed by atoms with E-state index >= 15 is 0 Å². The van der Waals surface area contributed by atoms with Gasteiger partial charge in [0.15, 0.2) is 0 Å². The van der Waals surface area contributed by atoms with Crippen LogP contribution in [-0.2, 0) is 15.8 Å². The fourth-order valence-corrected chi connectivity index (χ4v) is 5.85. The molecule has 1 unspecified atom stereocenters. The summed E-state index contributed by atoms with van der Waals surface area (Å²) in [4.78, 5) is 0. The van der Waals surface area contributed by atoms with Crippen LogP contribution in [0.4, 0.5) is 8.78 Å². The van der Waals surface area contributed by atoms with Crippen LogP contribution in [0.15, 0.2) is 48.5 Å². The summed E-state index contributed by atoms with van der Waals surface area (Å²) >= 11 is 1.57. The number of rotatable bonds is 4. The van der Waals surface area contributed by atoms with Crippen LogP contribution in [0.5, 0.6) is 0 Å². The number of hydrogen-bond donors (Lipinski definition) is 0. The number of thioether (sulfide) groups is 1. The standard InChI is InChI=1S/C18H19F2NO2S2/c19-15-5-3-4-14(12-15)13-25(22,23)21-9-8-18(24-11-10-21)16-6-1-2-7-17(16)20/h1-7,12,18H,8-11,13H2. The topological polar surface area (TPSA) is 37.4 Å². The van der Waals surface area contributed by atoms with Crippen LogP contribution in [0.3, 0.4) is 0 Å². The number of sulfonamides is 1. The minimum atomic E-state index is -3.53. The molecule has 1 heterocycles. The predicted octanol–water partition coefficient (Wildman–Crippen LogP) is 3.97. The molecule has 0 amide bonds. The van der Waals surface area contributed by atoms with E-state index in [0.717, 1.165) is 0 Å². The third kappa shape index (κ3) is 4.59. The Morgan fingerprint density at radius 1 is 1.08 bits per heavy atom. The minimum Gasteiger partial charge on any atom is -0.212 e. The van der Waals surface area contributed by atoms with Gasteiger partial charge in [-0.1, -0.05) is 30.3 Å². The second-order valence-electron chi connectivity index (χ2n) is 5.95. The number of hydrogen-bond acceptors (Lipinski definition) is 3. The first kappa shape index (κ1) is 18.4. The second-order valence-corrected chi connectivity index (χ2v) is 9.23. The molecule has 2 aromatic carbocycles. The summed E-state index contributed by atoms with van der Waals surface area (Å²) in [5, 5.41) is -0.0597. The van der Waals surface area contributed by atoms with Crippen molar-refractivity contribution in [3.8, 4) is 0 Å². The molecule has 0 bridgehead atoms. The monoisotopic (exact) mass is 383 g/mol. The van der Waals surface area contributed by atoms with E-state index in [2.05, 4.69) is 0 Å². The Balaban J connectivity index is 1.71. The highest BCUT2D eigenvalue weighted by atomic mass is 32.2. The van der Waals surface area contributed by atoms with Gasteiger partial charge >= 0.3 is 0 Å². The molecule has 1 fully saturated rings. The van der Waals surface area contributed by atoms with Gasteiger partial charge < -0.3 is 0 Å². The van der Waals surface area contributed by atoms with Gasteiger partial charge in [-0.3, -0.25) is 0 Å². The zero-order valence-corrected chi connectivity index (χ0v) is 15.2. The summed E-state index contributed by atoms with van der Waals surface area (Å²) in [5.41, 5.74) is 1.06. The number of halogens is 2. The third-order valence-corrected chi connectivity index (χ3v) is 7.34. The maximum absolute atomic E-state index is 14.0. The molecule has 0 radical (unpaired) electrons. The van der Waals surface area contributed by atoms with Gasteiger partial charge in [-0.05, 0) is 30.2 Å². The number of nitrogens with zero attached hydrogens (tertiary/aromatic N) is 1. The van der Waals surface area contributed by atoms with Crippen LogP contribution in [0.2, 0.25) is 0 Å². The van der Waals surface area contributed by atoms with Gasteiger partial charge in [0.05, 0.1) is 5.75 Å². The minimum absolute atomic E-state index is 0.0597. The van der Waals surface area contributed by atoms with Crippen molar-refractivity contribution in [2.75, 3.05) is 18.8 Å². The van der Waals surface area contributed by atoms with Gasteiger partial charge in [0.25, 0.3) is 0 Å². The van der Waals surface area contributed by atoms with Crippen LogP contribution < -0.4 is 0 Å². The lowest BCUT2D eigenvalue weighted by Gasteiger charge is -2.20. The van der Waals surface area contributed by atoms with E-state index in [4.69, 9.17) is 0 Å². The normalized spacial score (nSPS) is 19.5. The van der Waals surface area contributed by atoms with Gasteiger partial charge in [-0.2, -0.15) is 11.8 Å². The first-order valence-electron chi connectivity index (χ1n) is 8.04. The molecule has 3 rings (SSSR count). The van der Waals surface area contributed by atoms with Crippen molar-refractivity contribution < 1.29 is 17.2 Å². The van der Waals surface area contributed by atoms with Crippen molar-refractivity contribution in [1.29, 1.82) is 0 Å². The van der Waals surface area contributed by atoms with Crippen LogP contribution in [-0.4, -0.2) is 31.6 Å². The van der Waals surface area contributed by atoms with Crippen LogP contribution >= 0.6 is 11.8 Å². The molecule has 3 nitrogen and oxygen atoms in total. The van der Waals surface area contributed by atoms with Crippen molar-refractivity contribution in [3.05, 3.63) is 71.3 Å². The van der Waals surface area contributed by atoms with E-state index in [-0.39, 0.29) is 16.8 Å². The van der Waals surface area contributed by atoms with E-state index in [1.807, 2.05) is 0 Å². The first-order chi connectivity index (χ1) is 12.0. The van der Waals surface area contributed by atoms with Crippen molar-refractivity contribution in [3.63, 3.8) is 0 Å². The van der Waals surface area contributed by atoms with Crippen LogP contribution in [0.25, 0.3) is 0 Å². The average Bonchev–Trinajstić information content (AvgIpc) is 2.81. The van der Waals surface area contributed by atoms with Crippen LogP contribution in [0.1, 0.15) is 22.8 Å². The summed E-state index contributed by atoms with van der Waals surface area (Å²) in [7, 11) is -3.53. The highest BCUT2D eigenvalue weighted by Gasteiger charge is 2.28. The highest BCUT2D eigenvalue weighted by Crippen LogP contribution is 2.36. The third-order valence-electron chi connectivity index (χ3n) is 4.18. The summed E-state index contributed by atoms with van der Waals surface area (Å²) in [6.07, 6.45) is 0.550. The Bertz CT molecular complexity index is 842. The molecule has 1 saturated heterocycles. The first-order valence-corrected chi connectivity index (χ1v) is 10.7. The number of benzene rings is 2. The van der Waals surface area contributed by atoms with Gasteiger partial charge in [0, 0.05) is 29.7 Å². The van der Waals surface area contributed by atoms with Crippen molar-refractivity contribution in [2.45, 2.75) is 17.4 Å². The maximum atomic E-state index is 14.0. The molecule has 0 saturated carbocycles. The molecule has 7 heteroatoms. The van der Waals surface area contributed by atoms with E-state index in [1.165, 1.54) is 28.6 Å². The zero-order chi connectivity index (χ0) is 17.9. The smallest absolute Gasteiger partial charge is 0.212 e. The van der Waals surface area contributed by atoms with Gasteiger partial charge in [0.2, 0.25) is 10.0 Å². The second kappa shape index (κ2) is 7.85. The lowest BCUT2D eigenvalue weighted by atomic mass is 10.1. The predicted molar refractivity (Wildman–Crippen MR) is 96.8 cm³/mol. The largest absolute Gasteiger partial charge is 0.218 e. The van der Waals surface area contributed by atoms with E-state index in [1.54, 1.807) is 36.0 Å². The molecule has 0 aliphatic carbocycles. The Morgan fingerprint density at radius 3 is 2.64 bits per heavy atom. The van der Waals surface area contributed by atoms with E-state index < -0.39 is 15.8 Å². The molecule has 2 aromatic rings. The Morgan fingerprint density at radius 2 is 1.88 bits per heavy atom. The summed E-state index contributed by atoms with van der Waals surface area (Å²) in [6, 6.07) is 12.3. The Hall–Kier alpha value is -1.44. The zero-order valence-electron chi connectivity index (χ0n) is 13.6.